The SMILES string of the molecule is Nc1nc(CC(=O)N/N=C/c2ccc(OC(=O)c3ccc(F)cc3)cc2)cs1. The third-order valence-electron chi connectivity index (χ3n) is 3.48. The number of aromatic nitrogens is 1. The van der Waals surface area contributed by atoms with Crippen molar-refractivity contribution in [1.29, 1.82) is 0 Å². The van der Waals surface area contributed by atoms with Crippen LogP contribution in [0.15, 0.2) is 59.0 Å². The second-order valence-electron chi connectivity index (χ2n) is 5.61. The van der Waals surface area contributed by atoms with E-state index >= 15 is 0 Å². The monoisotopic (exact) mass is 398 g/mol. The van der Waals surface area contributed by atoms with Gasteiger partial charge in [0.2, 0.25) is 5.91 Å². The number of hydrogen-bond donors (Lipinski definition) is 2. The average molecular weight is 398 g/mol. The predicted molar refractivity (Wildman–Crippen MR) is 104 cm³/mol. The highest BCUT2D eigenvalue weighted by Gasteiger charge is 2.08. The first-order valence-electron chi connectivity index (χ1n) is 8.09. The van der Waals surface area contributed by atoms with E-state index in [0.717, 1.165) is 0 Å². The summed E-state index contributed by atoms with van der Waals surface area (Å²) >= 11 is 1.27. The van der Waals surface area contributed by atoms with Crippen LogP contribution >= 0.6 is 11.3 Å². The van der Waals surface area contributed by atoms with Crippen molar-refractivity contribution in [2.75, 3.05) is 5.73 Å². The fourth-order valence-corrected chi connectivity index (χ4v) is 2.72. The maximum absolute atomic E-state index is 12.9. The molecular formula is C19H15FN4O3S. The van der Waals surface area contributed by atoms with Crippen LogP contribution in [0.1, 0.15) is 21.6 Å². The number of nitrogen functional groups attached to an aromatic ring is 1. The molecule has 1 amide bonds. The first kappa shape index (κ1) is 19.2. The van der Waals surface area contributed by atoms with Gasteiger partial charge in [-0.2, -0.15) is 5.10 Å². The summed E-state index contributed by atoms with van der Waals surface area (Å²) in [5.41, 5.74) is 9.44. The zero-order valence-electron chi connectivity index (χ0n) is 14.5. The number of ether oxygens (including phenoxy) is 1. The molecule has 3 aromatic rings. The van der Waals surface area contributed by atoms with E-state index in [1.54, 1.807) is 29.6 Å². The summed E-state index contributed by atoms with van der Waals surface area (Å²) in [6, 6.07) is 11.6. The van der Waals surface area contributed by atoms with Gasteiger partial charge in [-0.1, -0.05) is 0 Å². The van der Waals surface area contributed by atoms with Crippen molar-refractivity contribution < 1.29 is 18.7 Å². The van der Waals surface area contributed by atoms with Gasteiger partial charge in [0.1, 0.15) is 11.6 Å². The molecule has 2 aromatic carbocycles. The molecule has 7 nitrogen and oxygen atoms in total. The summed E-state index contributed by atoms with van der Waals surface area (Å²) < 4.78 is 18.1. The zero-order chi connectivity index (χ0) is 19.9. The molecule has 1 aromatic heterocycles. The van der Waals surface area contributed by atoms with Crippen LogP contribution in [-0.4, -0.2) is 23.1 Å². The van der Waals surface area contributed by atoms with Crippen LogP contribution < -0.4 is 15.9 Å². The van der Waals surface area contributed by atoms with Gasteiger partial charge >= 0.3 is 5.97 Å². The lowest BCUT2D eigenvalue weighted by molar-refractivity contribution is -0.120. The largest absolute Gasteiger partial charge is 0.423 e. The highest BCUT2D eigenvalue weighted by atomic mass is 32.1. The number of carbonyl (C=O) groups is 2. The second-order valence-corrected chi connectivity index (χ2v) is 6.50. The third-order valence-corrected chi connectivity index (χ3v) is 4.21. The molecule has 1 heterocycles. The molecule has 28 heavy (non-hydrogen) atoms. The summed E-state index contributed by atoms with van der Waals surface area (Å²) in [5, 5.41) is 5.99. The zero-order valence-corrected chi connectivity index (χ0v) is 15.3. The number of halogens is 1. The summed E-state index contributed by atoms with van der Waals surface area (Å²) in [5.74, 6) is -0.998. The first-order valence-corrected chi connectivity index (χ1v) is 8.97. The van der Waals surface area contributed by atoms with Crippen LogP contribution in [0.4, 0.5) is 9.52 Å². The standard InChI is InChI=1S/C19H15FN4O3S/c20-14-5-3-13(4-6-14)18(26)27-16-7-1-12(2-8-16)10-22-24-17(25)9-15-11-28-19(21)23-15/h1-8,10-11H,9H2,(H2,21,23)(H,24,25)/b22-10+. The van der Waals surface area contributed by atoms with Crippen molar-refractivity contribution >= 4 is 34.6 Å². The Morgan fingerprint density at radius 3 is 2.54 bits per heavy atom. The van der Waals surface area contributed by atoms with Crippen LogP contribution in [0.25, 0.3) is 0 Å². The lowest BCUT2D eigenvalue weighted by Gasteiger charge is -2.04. The van der Waals surface area contributed by atoms with Gasteiger partial charge in [0.25, 0.3) is 0 Å². The molecule has 0 saturated carbocycles. The smallest absolute Gasteiger partial charge is 0.343 e. The van der Waals surface area contributed by atoms with E-state index in [-0.39, 0.29) is 17.9 Å². The molecule has 0 atom stereocenters. The van der Waals surface area contributed by atoms with Crippen LogP contribution in [0.3, 0.4) is 0 Å². The number of carbonyl (C=O) groups excluding carboxylic acids is 2. The van der Waals surface area contributed by atoms with Crippen molar-refractivity contribution in [3.8, 4) is 5.75 Å². The molecule has 0 spiro atoms. The Bertz CT molecular complexity index is 1000. The molecule has 0 unspecified atom stereocenters. The van der Waals surface area contributed by atoms with Gasteiger partial charge in [0, 0.05) is 5.38 Å². The maximum Gasteiger partial charge on any atom is 0.343 e. The van der Waals surface area contributed by atoms with Gasteiger partial charge in [0.15, 0.2) is 5.13 Å². The number of amides is 1. The van der Waals surface area contributed by atoms with E-state index in [4.69, 9.17) is 10.5 Å². The fraction of sp³-hybridized carbons (Fsp3) is 0.0526. The molecule has 9 heteroatoms. The molecular weight excluding hydrogens is 383 g/mol. The van der Waals surface area contributed by atoms with E-state index < -0.39 is 11.8 Å². The number of esters is 1. The summed E-state index contributed by atoms with van der Waals surface area (Å²) in [6.45, 7) is 0. The number of hydrogen-bond acceptors (Lipinski definition) is 7. The number of hydrazone groups is 1. The van der Waals surface area contributed by atoms with Crippen molar-refractivity contribution in [2.45, 2.75) is 6.42 Å². The molecule has 0 fully saturated rings. The van der Waals surface area contributed by atoms with Gasteiger partial charge in [-0.25, -0.2) is 19.6 Å². The van der Waals surface area contributed by atoms with Crippen molar-refractivity contribution in [3.63, 3.8) is 0 Å². The predicted octanol–water partition coefficient (Wildman–Crippen LogP) is 2.78. The highest BCUT2D eigenvalue weighted by molar-refractivity contribution is 7.13. The average Bonchev–Trinajstić information content (AvgIpc) is 3.08. The summed E-state index contributed by atoms with van der Waals surface area (Å²) in [4.78, 5) is 27.7. The molecule has 0 radical (unpaired) electrons. The van der Waals surface area contributed by atoms with Crippen LogP contribution in [0, 0.1) is 5.82 Å². The maximum atomic E-state index is 12.9. The molecule has 0 aliphatic heterocycles. The molecule has 3 N–H and O–H groups in total. The van der Waals surface area contributed by atoms with Crippen LogP contribution in [-0.2, 0) is 11.2 Å². The van der Waals surface area contributed by atoms with Crippen molar-refractivity contribution in [1.82, 2.24) is 10.4 Å². The van der Waals surface area contributed by atoms with Crippen LogP contribution in [0.5, 0.6) is 5.75 Å². The first-order chi connectivity index (χ1) is 13.5. The number of nitrogens with two attached hydrogens (primary N) is 1. The quantitative estimate of drug-likeness (QED) is 0.287. The number of benzene rings is 2. The molecule has 142 valence electrons. The number of thiazole rings is 1. The van der Waals surface area contributed by atoms with E-state index in [2.05, 4.69) is 15.5 Å². The second kappa shape index (κ2) is 8.87. The van der Waals surface area contributed by atoms with E-state index in [9.17, 15) is 14.0 Å². The van der Waals surface area contributed by atoms with E-state index in [0.29, 0.717) is 22.1 Å². The number of nitrogens with one attached hydrogen (secondary N) is 1. The summed E-state index contributed by atoms with van der Waals surface area (Å²) in [6.07, 6.45) is 1.54. The lowest BCUT2D eigenvalue weighted by atomic mass is 10.2. The van der Waals surface area contributed by atoms with Gasteiger partial charge in [-0.05, 0) is 54.1 Å². The number of rotatable bonds is 6. The third kappa shape index (κ3) is 5.45. The Morgan fingerprint density at radius 1 is 1.18 bits per heavy atom. The van der Waals surface area contributed by atoms with Crippen molar-refractivity contribution in [2.24, 2.45) is 5.10 Å². The van der Waals surface area contributed by atoms with E-state index in [1.807, 2.05) is 0 Å². The Morgan fingerprint density at radius 2 is 1.89 bits per heavy atom. The van der Waals surface area contributed by atoms with Gasteiger partial charge in [-0.3, -0.25) is 4.79 Å². The lowest BCUT2D eigenvalue weighted by Crippen LogP contribution is -2.19. The fourth-order valence-electron chi connectivity index (χ4n) is 2.16. The Hall–Kier alpha value is -3.59. The number of nitrogens with zero attached hydrogens (tertiary/aromatic N) is 2. The molecule has 0 saturated heterocycles. The molecule has 0 bridgehead atoms. The Labute approximate surface area is 163 Å². The molecule has 0 aliphatic rings. The Balaban J connectivity index is 1.50. The summed E-state index contributed by atoms with van der Waals surface area (Å²) in [7, 11) is 0. The molecule has 0 aliphatic carbocycles. The van der Waals surface area contributed by atoms with Crippen LogP contribution in [0.2, 0.25) is 0 Å². The minimum absolute atomic E-state index is 0.0866. The van der Waals surface area contributed by atoms with Gasteiger partial charge in [0.05, 0.1) is 23.9 Å². The van der Waals surface area contributed by atoms with Gasteiger partial charge < -0.3 is 10.5 Å². The van der Waals surface area contributed by atoms with E-state index in [1.165, 1.54) is 41.8 Å². The number of anilines is 1. The highest BCUT2D eigenvalue weighted by Crippen LogP contribution is 2.14. The van der Waals surface area contributed by atoms with Crippen molar-refractivity contribution in [3.05, 3.63) is 76.5 Å². The Kier molecular flexibility index (Phi) is 6.07. The van der Waals surface area contributed by atoms with Gasteiger partial charge in [-0.15, -0.1) is 11.3 Å². The minimum Gasteiger partial charge on any atom is -0.423 e. The topological polar surface area (TPSA) is 107 Å². The minimum atomic E-state index is -0.587. The normalized spacial score (nSPS) is 10.8. The molecule has 3 rings (SSSR count).